The van der Waals surface area contributed by atoms with Crippen molar-refractivity contribution in [3.05, 3.63) is 51.1 Å². The lowest BCUT2D eigenvalue weighted by Gasteiger charge is -2.43. The zero-order valence-corrected chi connectivity index (χ0v) is 21.8. The number of H-pyrrole nitrogens is 1. The van der Waals surface area contributed by atoms with Gasteiger partial charge in [-0.1, -0.05) is 31.4 Å². The number of aromatic nitrogens is 5. The monoisotopic (exact) mass is 477 g/mol. The third kappa shape index (κ3) is 4.66. The number of aromatic amines is 1. The van der Waals surface area contributed by atoms with Gasteiger partial charge in [-0.05, 0) is 75.1 Å². The first kappa shape index (κ1) is 24.1. The summed E-state index contributed by atoms with van der Waals surface area (Å²) >= 11 is 0. The molecule has 0 amide bonds. The second kappa shape index (κ2) is 9.47. The van der Waals surface area contributed by atoms with E-state index in [9.17, 15) is 4.79 Å². The van der Waals surface area contributed by atoms with Crippen molar-refractivity contribution in [2.75, 3.05) is 26.2 Å². The number of fused-ring (bicyclic) bond motifs is 1. The molecule has 1 aliphatic heterocycles. The quantitative estimate of drug-likeness (QED) is 0.613. The van der Waals surface area contributed by atoms with E-state index in [1.807, 2.05) is 11.6 Å². The average Bonchev–Trinajstić information content (AvgIpc) is 3.34. The molecule has 1 atom stereocenters. The molecule has 8 heteroatoms. The highest BCUT2D eigenvalue weighted by Gasteiger charge is 2.36. The lowest BCUT2D eigenvalue weighted by atomic mass is 9.93. The molecule has 1 aliphatic carbocycles. The van der Waals surface area contributed by atoms with Crippen molar-refractivity contribution in [2.24, 2.45) is 0 Å². The maximum absolute atomic E-state index is 13.6. The third-order valence-electron chi connectivity index (χ3n) is 7.95. The van der Waals surface area contributed by atoms with Gasteiger partial charge in [-0.2, -0.15) is 0 Å². The summed E-state index contributed by atoms with van der Waals surface area (Å²) in [6.45, 7) is 14.3. The predicted octanol–water partition coefficient (Wildman–Crippen LogP) is 3.93. The predicted molar refractivity (Wildman–Crippen MR) is 139 cm³/mol. The Kier molecular flexibility index (Phi) is 6.53. The summed E-state index contributed by atoms with van der Waals surface area (Å²) in [5.41, 5.74) is 3.50. The molecule has 0 bridgehead atoms. The molecule has 1 N–H and O–H groups in total. The number of pyridine rings is 1. The fourth-order valence-corrected chi connectivity index (χ4v) is 5.94. The fraction of sp³-hybridized carbons (Fsp3) is 0.630. The molecule has 188 valence electrons. The maximum atomic E-state index is 13.6. The first-order chi connectivity index (χ1) is 16.7. The highest BCUT2D eigenvalue weighted by Crippen LogP contribution is 2.32. The van der Waals surface area contributed by atoms with Crippen LogP contribution in [0.15, 0.2) is 23.0 Å². The average molecular weight is 478 g/mol. The minimum atomic E-state index is -0.300. The summed E-state index contributed by atoms with van der Waals surface area (Å²) in [4.78, 5) is 21.9. The molecule has 2 aliphatic rings. The number of nitrogens with one attached hydrogen (secondary N) is 1. The van der Waals surface area contributed by atoms with Gasteiger partial charge in [0.1, 0.15) is 6.04 Å². The molecule has 2 aromatic heterocycles. The van der Waals surface area contributed by atoms with Gasteiger partial charge < -0.3 is 4.98 Å². The molecule has 0 spiro atoms. The summed E-state index contributed by atoms with van der Waals surface area (Å²) in [6.07, 6.45) is 6.69. The molecular weight excluding hydrogens is 438 g/mol. The number of aryl methyl sites for hydroxylation is 2. The topological polar surface area (TPSA) is 82.9 Å². The molecule has 5 rings (SSSR count). The zero-order valence-electron chi connectivity index (χ0n) is 21.8. The van der Waals surface area contributed by atoms with E-state index in [-0.39, 0.29) is 17.1 Å². The molecule has 0 radical (unpaired) electrons. The van der Waals surface area contributed by atoms with Gasteiger partial charge in [-0.3, -0.25) is 14.6 Å². The SMILES string of the molecule is Cc1ccc(C)c2[nH]c(=O)c(C(c3nnnn3C(C)(C)C)N3CCN(C4CCCCC4)CC3)cc12. The Hall–Kier alpha value is -2.58. The molecule has 8 nitrogen and oxygen atoms in total. The smallest absolute Gasteiger partial charge is 0.253 e. The summed E-state index contributed by atoms with van der Waals surface area (Å²) in [7, 11) is 0. The number of tetrazole rings is 1. The molecule has 3 aromatic rings. The van der Waals surface area contributed by atoms with Gasteiger partial charge >= 0.3 is 0 Å². The molecular formula is C27H39N7O. The number of hydrogen-bond acceptors (Lipinski definition) is 6. The lowest BCUT2D eigenvalue weighted by molar-refractivity contribution is 0.0606. The molecule has 35 heavy (non-hydrogen) atoms. The van der Waals surface area contributed by atoms with E-state index >= 15 is 0 Å². The van der Waals surface area contributed by atoms with Gasteiger partial charge in [-0.25, -0.2) is 4.68 Å². The lowest BCUT2D eigenvalue weighted by Crippen LogP contribution is -2.52. The van der Waals surface area contributed by atoms with Crippen molar-refractivity contribution in [1.82, 2.24) is 35.0 Å². The number of rotatable bonds is 4. The summed E-state index contributed by atoms with van der Waals surface area (Å²) < 4.78 is 1.89. The Morgan fingerprint density at radius 2 is 1.69 bits per heavy atom. The Morgan fingerprint density at radius 3 is 2.37 bits per heavy atom. The van der Waals surface area contributed by atoms with Gasteiger partial charge in [0.05, 0.1) is 11.1 Å². The van der Waals surface area contributed by atoms with Crippen LogP contribution in [0.3, 0.4) is 0 Å². The van der Waals surface area contributed by atoms with Crippen LogP contribution < -0.4 is 5.56 Å². The second-order valence-electron chi connectivity index (χ2n) is 11.4. The van der Waals surface area contributed by atoms with Gasteiger partial charge in [0.25, 0.3) is 5.56 Å². The largest absolute Gasteiger partial charge is 0.321 e. The van der Waals surface area contributed by atoms with E-state index < -0.39 is 0 Å². The number of hydrogen-bond donors (Lipinski definition) is 1. The highest BCUT2D eigenvalue weighted by atomic mass is 16.1. The molecule has 1 saturated carbocycles. The normalized spacial score (nSPS) is 19.9. The minimum absolute atomic E-state index is 0.0608. The van der Waals surface area contributed by atoms with E-state index in [1.165, 1.54) is 32.1 Å². The van der Waals surface area contributed by atoms with Crippen LogP contribution in [0, 0.1) is 13.8 Å². The van der Waals surface area contributed by atoms with Crippen LogP contribution in [0.5, 0.6) is 0 Å². The Balaban J connectivity index is 1.56. The van der Waals surface area contributed by atoms with Crippen molar-refractivity contribution in [1.29, 1.82) is 0 Å². The van der Waals surface area contributed by atoms with E-state index in [0.717, 1.165) is 59.6 Å². The van der Waals surface area contributed by atoms with Gasteiger partial charge in [0.2, 0.25) is 0 Å². The van der Waals surface area contributed by atoms with Crippen LogP contribution in [-0.4, -0.2) is 67.2 Å². The maximum Gasteiger partial charge on any atom is 0.253 e. The first-order valence-electron chi connectivity index (χ1n) is 13.1. The fourth-order valence-electron chi connectivity index (χ4n) is 5.94. The molecule has 2 fully saturated rings. The highest BCUT2D eigenvalue weighted by molar-refractivity contribution is 5.85. The van der Waals surface area contributed by atoms with Gasteiger partial charge in [0.15, 0.2) is 5.82 Å². The van der Waals surface area contributed by atoms with Crippen molar-refractivity contribution in [2.45, 2.75) is 84.3 Å². The van der Waals surface area contributed by atoms with E-state index in [0.29, 0.717) is 6.04 Å². The zero-order chi connectivity index (χ0) is 24.7. The van der Waals surface area contributed by atoms with Crippen LogP contribution in [0.25, 0.3) is 10.9 Å². The van der Waals surface area contributed by atoms with Crippen LogP contribution in [0.4, 0.5) is 0 Å². The summed E-state index contributed by atoms with van der Waals surface area (Å²) in [5.74, 6) is 0.735. The van der Waals surface area contributed by atoms with Crippen LogP contribution in [0.1, 0.15) is 81.4 Å². The van der Waals surface area contributed by atoms with Crippen LogP contribution in [0.2, 0.25) is 0 Å². The van der Waals surface area contributed by atoms with E-state index in [1.54, 1.807) is 0 Å². The molecule has 1 aromatic carbocycles. The van der Waals surface area contributed by atoms with Crippen LogP contribution in [-0.2, 0) is 5.54 Å². The first-order valence-corrected chi connectivity index (χ1v) is 13.1. The van der Waals surface area contributed by atoms with Crippen molar-refractivity contribution in [3.8, 4) is 0 Å². The van der Waals surface area contributed by atoms with Crippen molar-refractivity contribution < 1.29 is 0 Å². The second-order valence-corrected chi connectivity index (χ2v) is 11.4. The molecule has 1 saturated heterocycles. The summed E-state index contributed by atoms with van der Waals surface area (Å²) in [6, 6.07) is 6.67. The van der Waals surface area contributed by atoms with Gasteiger partial charge in [0, 0.05) is 43.2 Å². The summed E-state index contributed by atoms with van der Waals surface area (Å²) in [5, 5.41) is 14.0. The van der Waals surface area contributed by atoms with Crippen molar-refractivity contribution >= 4 is 10.9 Å². The van der Waals surface area contributed by atoms with Crippen molar-refractivity contribution in [3.63, 3.8) is 0 Å². The van der Waals surface area contributed by atoms with Gasteiger partial charge in [-0.15, -0.1) is 5.10 Å². The van der Waals surface area contributed by atoms with E-state index in [2.05, 4.69) is 76.2 Å². The number of nitrogens with zero attached hydrogens (tertiary/aromatic N) is 6. The van der Waals surface area contributed by atoms with E-state index in [4.69, 9.17) is 0 Å². The Morgan fingerprint density at radius 1 is 1.00 bits per heavy atom. The molecule has 3 heterocycles. The number of benzene rings is 1. The van der Waals surface area contributed by atoms with Crippen LogP contribution >= 0.6 is 0 Å². The standard InChI is InChI=1S/C27H39N7O/c1-18-11-12-19(2)23-21(18)17-22(26(35)28-23)24(25-29-30-31-34(25)27(3,4)5)33-15-13-32(14-16-33)20-9-7-6-8-10-20/h11-12,17,20,24H,6-10,13-16H2,1-5H3,(H,28,35). The minimum Gasteiger partial charge on any atom is -0.321 e. The molecule has 1 unspecified atom stereocenters. The number of piperazine rings is 1. The Labute approximate surface area is 207 Å². The Bertz CT molecular complexity index is 1240. The third-order valence-corrected chi connectivity index (χ3v) is 7.95.